The minimum Gasteiger partial charge on any atom is -0.492 e. The number of hydrogen-bond donors (Lipinski definition) is 1. The first-order valence-corrected chi connectivity index (χ1v) is 5.80. The van der Waals surface area contributed by atoms with Crippen molar-refractivity contribution in [3.63, 3.8) is 0 Å². The zero-order valence-corrected chi connectivity index (χ0v) is 10.3. The first kappa shape index (κ1) is 12.2. The molecular weight excluding hydrogens is 228 g/mol. The number of benzene rings is 1. The zero-order valence-electron chi connectivity index (χ0n) is 10.3. The van der Waals surface area contributed by atoms with E-state index in [9.17, 15) is 4.79 Å². The highest BCUT2D eigenvalue weighted by Crippen LogP contribution is 2.14. The van der Waals surface area contributed by atoms with Gasteiger partial charge in [0, 0.05) is 24.0 Å². The third-order valence-corrected chi connectivity index (χ3v) is 2.59. The van der Waals surface area contributed by atoms with Gasteiger partial charge in [0.1, 0.15) is 12.4 Å². The molecule has 0 bridgehead atoms. The second kappa shape index (κ2) is 5.40. The van der Waals surface area contributed by atoms with Crippen LogP contribution in [-0.4, -0.2) is 11.2 Å². The number of rotatable bonds is 4. The molecule has 0 spiro atoms. The maximum atomic E-state index is 11.6. The van der Waals surface area contributed by atoms with E-state index >= 15 is 0 Å². The van der Waals surface area contributed by atoms with Crippen molar-refractivity contribution >= 4 is 5.69 Å². The van der Waals surface area contributed by atoms with Gasteiger partial charge in [-0.1, -0.05) is 12.1 Å². The number of nitrogens with two attached hydrogens (primary N) is 1. The lowest BCUT2D eigenvalue weighted by Gasteiger charge is -2.09. The van der Waals surface area contributed by atoms with Crippen molar-refractivity contribution in [1.29, 1.82) is 0 Å². The maximum absolute atomic E-state index is 11.6. The Kier molecular flexibility index (Phi) is 3.67. The molecule has 2 N–H and O–H groups in total. The molecule has 0 amide bonds. The molecule has 4 nitrogen and oxygen atoms in total. The van der Waals surface area contributed by atoms with Crippen LogP contribution in [0.1, 0.15) is 5.56 Å². The van der Waals surface area contributed by atoms with Gasteiger partial charge in [-0.3, -0.25) is 4.79 Å². The van der Waals surface area contributed by atoms with Gasteiger partial charge in [-0.25, -0.2) is 0 Å². The molecule has 94 valence electrons. The number of anilines is 1. The van der Waals surface area contributed by atoms with E-state index in [1.54, 1.807) is 28.8 Å². The number of hydrogen-bond acceptors (Lipinski definition) is 3. The summed E-state index contributed by atoms with van der Waals surface area (Å²) in [7, 11) is 0. The van der Waals surface area contributed by atoms with Gasteiger partial charge in [0.05, 0.1) is 6.54 Å². The van der Waals surface area contributed by atoms with Crippen molar-refractivity contribution in [3.8, 4) is 5.75 Å². The van der Waals surface area contributed by atoms with Crippen molar-refractivity contribution < 1.29 is 4.74 Å². The topological polar surface area (TPSA) is 57.2 Å². The second-order valence-electron chi connectivity index (χ2n) is 4.16. The Morgan fingerprint density at radius 3 is 2.89 bits per heavy atom. The molecule has 4 heteroatoms. The van der Waals surface area contributed by atoms with Crippen LogP contribution < -0.4 is 16.0 Å². The summed E-state index contributed by atoms with van der Waals surface area (Å²) in [5.74, 6) is 0.718. The molecule has 1 aromatic heterocycles. The lowest BCUT2D eigenvalue weighted by atomic mass is 10.3. The molecule has 2 rings (SSSR count). The molecule has 0 radical (unpaired) electrons. The van der Waals surface area contributed by atoms with E-state index in [0.717, 1.165) is 11.3 Å². The number of pyridine rings is 1. The zero-order chi connectivity index (χ0) is 13.0. The molecule has 1 heterocycles. The van der Waals surface area contributed by atoms with Crippen molar-refractivity contribution in [1.82, 2.24) is 4.57 Å². The average molecular weight is 244 g/mol. The van der Waals surface area contributed by atoms with E-state index in [-0.39, 0.29) is 5.56 Å². The van der Waals surface area contributed by atoms with Gasteiger partial charge >= 0.3 is 0 Å². The van der Waals surface area contributed by atoms with E-state index in [2.05, 4.69) is 0 Å². The lowest BCUT2D eigenvalue weighted by Crippen LogP contribution is -2.21. The van der Waals surface area contributed by atoms with Crippen LogP contribution >= 0.6 is 0 Å². The third kappa shape index (κ3) is 3.13. The minimum atomic E-state index is -0.0169. The largest absolute Gasteiger partial charge is 0.492 e. The van der Waals surface area contributed by atoms with Crippen LogP contribution in [0, 0.1) is 6.92 Å². The fourth-order valence-corrected chi connectivity index (χ4v) is 1.69. The van der Waals surface area contributed by atoms with Gasteiger partial charge in [0.15, 0.2) is 0 Å². The Balaban J connectivity index is 1.96. The predicted molar refractivity (Wildman–Crippen MR) is 71.8 cm³/mol. The molecule has 0 fully saturated rings. The highest BCUT2D eigenvalue weighted by molar-refractivity contribution is 5.43. The van der Waals surface area contributed by atoms with Crippen molar-refractivity contribution in [3.05, 3.63) is 58.5 Å². The van der Waals surface area contributed by atoms with Crippen LogP contribution in [0.5, 0.6) is 5.75 Å². The fourth-order valence-electron chi connectivity index (χ4n) is 1.69. The van der Waals surface area contributed by atoms with Gasteiger partial charge in [-0.2, -0.15) is 0 Å². The summed E-state index contributed by atoms with van der Waals surface area (Å²) >= 11 is 0. The molecule has 0 unspecified atom stereocenters. The monoisotopic (exact) mass is 244 g/mol. The fraction of sp³-hybridized carbons (Fsp3) is 0.214. The predicted octanol–water partition coefficient (Wildman–Crippen LogP) is 1.82. The van der Waals surface area contributed by atoms with E-state index in [0.29, 0.717) is 18.8 Å². The molecule has 0 saturated heterocycles. The van der Waals surface area contributed by atoms with Crippen LogP contribution in [0.4, 0.5) is 5.69 Å². The normalized spacial score (nSPS) is 10.3. The summed E-state index contributed by atoms with van der Waals surface area (Å²) in [5, 5.41) is 0. The summed E-state index contributed by atoms with van der Waals surface area (Å²) < 4.78 is 7.19. The van der Waals surface area contributed by atoms with Gasteiger partial charge < -0.3 is 15.0 Å². The van der Waals surface area contributed by atoms with Crippen LogP contribution in [0.2, 0.25) is 0 Å². The van der Waals surface area contributed by atoms with E-state index in [1.165, 1.54) is 0 Å². The van der Waals surface area contributed by atoms with Crippen molar-refractivity contribution in [2.45, 2.75) is 13.5 Å². The molecule has 0 atom stereocenters. The van der Waals surface area contributed by atoms with Crippen molar-refractivity contribution in [2.24, 2.45) is 0 Å². The number of aryl methyl sites for hydroxylation is 1. The smallest absolute Gasteiger partial charge is 0.250 e. The SMILES string of the molecule is Cc1ccc(=O)n(CCOc2cccc(N)c2)c1. The third-order valence-electron chi connectivity index (χ3n) is 2.59. The molecule has 0 aliphatic heterocycles. The van der Waals surface area contributed by atoms with Gasteiger partial charge in [0.25, 0.3) is 5.56 Å². The molecule has 0 aliphatic rings. The molecule has 0 saturated carbocycles. The molecule has 1 aromatic carbocycles. The summed E-state index contributed by atoms with van der Waals surface area (Å²) in [5.41, 5.74) is 7.35. The summed E-state index contributed by atoms with van der Waals surface area (Å²) in [4.78, 5) is 11.6. The molecule has 0 aliphatic carbocycles. The Hall–Kier alpha value is -2.23. The molecule has 2 aromatic rings. The number of nitrogens with zero attached hydrogens (tertiary/aromatic N) is 1. The number of ether oxygens (including phenoxy) is 1. The summed E-state index contributed by atoms with van der Waals surface area (Å²) in [6, 6.07) is 10.6. The highest BCUT2D eigenvalue weighted by atomic mass is 16.5. The first-order chi connectivity index (χ1) is 8.65. The summed E-state index contributed by atoms with van der Waals surface area (Å²) in [6.07, 6.45) is 1.82. The van der Waals surface area contributed by atoms with Crippen LogP contribution in [0.25, 0.3) is 0 Å². The second-order valence-corrected chi connectivity index (χ2v) is 4.16. The first-order valence-electron chi connectivity index (χ1n) is 5.80. The van der Waals surface area contributed by atoms with Crippen molar-refractivity contribution in [2.75, 3.05) is 12.3 Å². The Morgan fingerprint density at radius 1 is 1.28 bits per heavy atom. The van der Waals surface area contributed by atoms with Gasteiger partial charge in [-0.15, -0.1) is 0 Å². The minimum absolute atomic E-state index is 0.0169. The maximum Gasteiger partial charge on any atom is 0.250 e. The Labute approximate surface area is 106 Å². The number of nitrogen functional groups attached to an aromatic ring is 1. The molecule has 18 heavy (non-hydrogen) atoms. The van der Waals surface area contributed by atoms with E-state index in [4.69, 9.17) is 10.5 Å². The van der Waals surface area contributed by atoms with Crippen LogP contribution in [0.15, 0.2) is 47.4 Å². The van der Waals surface area contributed by atoms with Gasteiger partial charge in [-0.05, 0) is 24.6 Å². The Bertz CT molecular complexity index is 590. The van der Waals surface area contributed by atoms with E-state index in [1.807, 2.05) is 25.3 Å². The summed E-state index contributed by atoms with van der Waals surface area (Å²) in [6.45, 7) is 2.91. The van der Waals surface area contributed by atoms with Crippen LogP contribution in [0.3, 0.4) is 0 Å². The van der Waals surface area contributed by atoms with Gasteiger partial charge in [0.2, 0.25) is 0 Å². The van der Waals surface area contributed by atoms with E-state index < -0.39 is 0 Å². The number of aromatic nitrogens is 1. The standard InChI is InChI=1S/C14H16N2O2/c1-11-5-6-14(17)16(10-11)7-8-18-13-4-2-3-12(15)9-13/h2-6,9-10H,7-8,15H2,1H3. The highest BCUT2D eigenvalue weighted by Gasteiger charge is 1.98. The average Bonchev–Trinajstić information content (AvgIpc) is 2.34. The van der Waals surface area contributed by atoms with Crippen LogP contribution in [-0.2, 0) is 6.54 Å². The molecular formula is C14H16N2O2. The Morgan fingerprint density at radius 2 is 2.11 bits per heavy atom. The quantitative estimate of drug-likeness (QED) is 0.835. The lowest BCUT2D eigenvalue weighted by molar-refractivity contribution is 0.296.